The quantitative estimate of drug-likeness (QED) is 0.718. The van der Waals surface area contributed by atoms with Gasteiger partial charge in [-0.05, 0) is 0 Å². The van der Waals surface area contributed by atoms with Gasteiger partial charge in [0.1, 0.15) is 6.61 Å². The first-order valence-electron chi connectivity index (χ1n) is 5.16. The Morgan fingerprint density at radius 2 is 2.39 bits per heavy atom. The first kappa shape index (κ1) is 15.0. The second-order valence-electron chi connectivity index (χ2n) is 3.44. The van der Waals surface area contributed by atoms with E-state index >= 15 is 0 Å². The fourth-order valence-corrected chi connectivity index (χ4v) is 1.76. The summed E-state index contributed by atoms with van der Waals surface area (Å²) in [5, 5.41) is 3.95. The first-order chi connectivity index (χ1) is 8.58. The highest BCUT2D eigenvalue weighted by Gasteiger charge is 2.22. The molecule has 1 aromatic heterocycles. The van der Waals surface area contributed by atoms with Crippen LogP contribution in [-0.4, -0.2) is 47.9 Å². The van der Waals surface area contributed by atoms with Crippen molar-refractivity contribution in [3.63, 3.8) is 0 Å². The number of aromatic nitrogens is 1. The SMILES string of the molecule is COCc1cc(C(=O)N(CCBr)CC(F)F)no1. The smallest absolute Gasteiger partial charge is 0.276 e. The molecule has 0 N–H and O–H groups in total. The van der Waals surface area contributed by atoms with Gasteiger partial charge < -0.3 is 14.2 Å². The predicted octanol–water partition coefficient (Wildman–Crippen LogP) is 1.92. The second-order valence-corrected chi connectivity index (χ2v) is 4.24. The van der Waals surface area contributed by atoms with Crippen LogP contribution >= 0.6 is 15.9 Å². The highest BCUT2D eigenvalue weighted by atomic mass is 79.9. The van der Waals surface area contributed by atoms with E-state index < -0.39 is 18.9 Å². The maximum atomic E-state index is 12.3. The Morgan fingerprint density at radius 1 is 1.67 bits per heavy atom. The second kappa shape index (κ2) is 7.42. The molecular formula is C10H13BrF2N2O3. The number of halogens is 3. The average Bonchev–Trinajstić information content (AvgIpc) is 2.76. The third-order valence-electron chi connectivity index (χ3n) is 2.06. The fourth-order valence-electron chi connectivity index (χ4n) is 1.33. The number of amides is 1. The van der Waals surface area contributed by atoms with E-state index in [9.17, 15) is 13.6 Å². The minimum absolute atomic E-state index is 0.00338. The van der Waals surface area contributed by atoms with Crippen molar-refractivity contribution in [2.75, 3.05) is 25.5 Å². The molecule has 0 unspecified atom stereocenters. The van der Waals surface area contributed by atoms with Crippen molar-refractivity contribution in [3.8, 4) is 0 Å². The van der Waals surface area contributed by atoms with Crippen LogP contribution in [0.1, 0.15) is 16.2 Å². The van der Waals surface area contributed by atoms with Gasteiger partial charge in [-0.3, -0.25) is 4.79 Å². The van der Waals surface area contributed by atoms with Gasteiger partial charge in [-0.1, -0.05) is 21.1 Å². The third kappa shape index (κ3) is 4.34. The summed E-state index contributed by atoms with van der Waals surface area (Å²) >= 11 is 3.11. The summed E-state index contributed by atoms with van der Waals surface area (Å²) in [7, 11) is 1.47. The zero-order chi connectivity index (χ0) is 13.5. The van der Waals surface area contributed by atoms with Gasteiger partial charge in [-0.2, -0.15) is 0 Å². The molecule has 8 heteroatoms. The predicted molar refractivity (Wildman–Crippen MR) is 62.9 cm³/mol. The molecule has 0 saturated heterocycles. The molecule has 102 valence electrons. The number of carbonyl (C=O) groups is 1. The number of hydrogen-bond acceptors (Lipinski definition) is 4. The van der Waals surface area contributed by atoms with E-state index in [0.29, 0.717) is 11.1 Å². The van der Waals surface area contributed by atoms with Gasteiger partial charge in [0.25, 0.3) is 12.3 Å². The standard InChI is InChI=1S/C10H13BrF2N2O3/c1-17-6-7-4-8(14-18-7)10(16)15(3-2-11)5-9(12)13/h4,9H,2-3,5-6H2,1H3. The zero-order valence-electron chi connectivity index (χ0n) is 9.74. The summed E-state index contributed by atoms with van der Waals surface area (Å²) in [6, 6.07) is 1.39. The van der Waals surface area contributed by atoms with Crippen molar-refractivity contribution in [2.24, 2.45) is 0 Å². The van der Waals surface area contributed by atoms with E-state index in [2.05, 4.69) is 21.1 Å². The molecule has 1 heterocycles. The Balaban J connectivity index is 2.74. The van der Waals surface area contributed by atoms with Crippen molar-refractivity contribution in [2.45, 2.75) is 13.0 Å². The molecule has 0 bridgehead atoms. The highest BCUT2D eigenvalue weighted by molar-refractivity contribution is 9.09. The summed E-state index contributed by atoms with van der Waals surface area (Å²) in [6.07, 6.45) is -2.58. The Labute approximate surface area is 111 Å². The van der Waals surface area contributed by atoms with E-state index in [-0.39, 0.29) is 18.8 Å². The summed E-state index contributed by atoms with van der Waals surface area (Å²) < 4.78 is 34.3. The highest BCUT2D eigenvalue weighted by Crippen LogP contribution is 2.10. The Morgan fingerprint density at radius 3 is 2.94 bits per heavy atom. The van der Waals surface area contributed by atoms with Crippen LogP contribution in [0.25, 0.3) is 0 Å². The van der Waals surface area contributed by atoms with Crippen LogP contribution in [0.3, 0.4) is 0 Å². The van der Waals surface area contributed by atoms with Crippen molar-refractivity contribution in [3.05, 3.63) is 17.5 Å². The molecular weight excluding hydrogens is 314 g/mol. The van der Waals surface area contributed by atoms with Crippen molar-refractivity contribution in [1.82, 2.24) is 10.1 Å². The number of nitrogens with zero attached hydrogens (tertiary/aromatic N) is 2. The van der Waals surface area contributed by atoms with E-state index in [4.69, 9.17) is 9.26 Å². The molecule has 1 rings (SSSR count). The van der Waals surface area contributed by atoms with Gasteiger partial charge in [-0.25, -0.2) is 8.78 Å². The summed E-state index contributed by atoms with van der Waals surface area (Å²) in [6.45, 7) is -0.278. The molecule has 0 aliphatic carbocycles. The number of ether oxygens (including phenoxy) is 1. The van der Waals surface area contributed by atoms with Gasteiger partial charge in [0.15, 0.2) is 11.5 Å². The minimum Gasteiger partial charge on any atom is -0.377 e. The van der Waals surface area contributed by atoms with E-state index in [0.717, 1.165) is 4.90 Å². The lowest BCUT2D eigenvalue weighted by atomic mass is 10.3. The molecule has 0 aliphatic rings. The van der Waals surface area contributed by atoms with Crippen LogP contribution < -0.4 is 0 Å². The number of carbonyl (C=O) groups excluding carboxylic acids is 1. The topological polar surface area (TPSA) is 55.6 Å². The molecule has 0 spiro atoms. The van der Waals surface area contributed by atoms with E-state index in [1.807, 2.05) is 0 Å². The van der Waals surface area contributed by atoms with Crippen molar-refractivity contribution >= 4 is 21.8 Å². The fraction of sp³-hybridized carbons (Fsp3) is 0.600. The first-order valence-corrected chi connectivity index (χ1v) is 6.28. The molecule has 18 heavy (non-hydrogen) atoms. The van der Waals surface area contributed by atoms with Crippen molar-refractivity contribution in [1.29, 1.82) is 0 Å². The van der Waals surface area contributed by atoms with Crippen molar-refractivity contribution < 1.29 is 22.8 Å². The normalized spacial score (nSPS) is 10.9. The maximum Gasteiger partial charge on any atom is 0.276 e. The molecule has 5 nitrogen and oxygen atoms in total. The lowest BCUT2D eigenvalue weighted by Gasteiger charge is -2.19. The Hall–Kier alpha value is -1.02. The van der Waals surface area contributed by atoms with E-state index in [1.165, 1.54) is 13.2 Å². The van der Waals surface area contributed by atoms with Crippen LogP contribution in [0.4, 0.5) is 8.78 Å². The van der Waals surface area contributed by atoms with E-state index in [1.54, 1.807) is 0 Å². The summed E-state index contributed by atoms with van der Waals surface area (Å²) in [5.41, 5.74) is 0.00338. The number of hydrogen-bond donors (Lipinski definition) is 0. The van der Waals surface area contributed by atoms with Crippen LogP contribution in [0.15, 0.2) is 10.6 Å². The monoisotopic (exact) mass is 326 g/mol. The minimum atomic E-state index is -2.58. The lowest BCUT2D eigenvalue weighted by molar-refractivity contribution is 0.0563. The number of alkyl halides is 3. The van der Waals surface area contributed by atoms with Crippen LogP contribution in [0, 0.1) is 0 Å². The van der Waals surface area contributed by atoms with Gasteiger partial charge in [-0.15, -0.1) is 0 Å². The summed E-state index contributed by atoms with van der Waals surface area (Å²) in [4.78, 5) is 12.9. The number of rotatable bonds is 7. The largest absolute Gasteiger partial charge is 0.377 e. The van der Waals surface area contributed by atoms with Crippen LogP contribution in [0.5, 0.6) is 0 Å². The molecule has 0 fully saturated rings. The average molecular weight is 327 g/mol. The molecule has 0 atom stereocenters. The Bertz CT molecular complexity index is 387. The lowest BCUT2D eigenvalue weighted by Crippen LogP contribution is -2.36. The molecule has 0 saturated carbocycles. The van der Waals surface area contributed by atoms with Gasteiger partial charge in [0, 0.05) is 25.1 Å². The molecule has 1 amide bonds. The Kier molecular flexibility index (Phi) is 6.20. The molecule has 0 aliphatic heterocycles. The van der Waals surface area contributed by atoms with Crippen LogP contribution in [0.2, 0.25) is 0 Å². The molecule has 0 radical (unpaired) electrons. The van der Waals surface area contributed by atoms with Crippen LogP contribution in [-0.2, 0) is 11.3 Å². The van der Waals surface area contributed by atoms with Gasteiger partial charge in [0.2, 0.25) is 0 Å². The number of methoxy groups -OCH3 is 1. The van der Waals surface area contributed by atoms with Gasteiger partial charge >= 0.3 is 0 Å². The third-order valence-corrected chi connectivity index (χ3v) is 2.42. The summed E-state index contributed by atoms with van der Waals surface area (Å²) in [5.74, 6) is -0.211. The zero-order valence-corrected chi connectivity index (χ0v) is 11.3. The van der Waals surface area contributed by atoms with Gasteiger partial charge in [0.05, 0.1) is 6.54 Å². The maximum absolute atomic E-state index is 12.3. The molecule has 1 aromatic rings. The molecule has 0 aromatic carbocycles.